The monoisotopic (exact) mass is 519 g/mol. The van der Waals surface area contributed by atoms with Crippen molar-refractivity contribution in [3.8, 4) is 16.9 Å². The summed E-state index contributed by atoms with van der Waals surface area (Å²) in [5, 5.41) is 19.5. The minimum absolute atomic E-state index is 0.0295. The molecule has 0 saturated heterocycles. The Labute approximate surface area is 217 Å². The number of amides is 2. The zero-order valence-electron chi connectivity index (χ0n) is 19.6. The summed E-state index contributed by atoms with van der Waals surface area (Å²) < 4.78 is 15.7. The maximum Gasteiger partial charge on any atom is 0.272 e. The molecule has 37 heavy (non-hydrogen) atoms. The quantitative estimate of drug-likeness (QED) is 0.333. The fourth-order valence-electron chi connectivity index (χ4n) is 4.24. The van der Waals surface area contributed by atoms with Crippen LogP contribution in [0.4, 0.5) is 10.2 Å². The van der Waals surface area contributed by atoms with E-state index < -0.39 is 11.7 Å². The summed E-state index contributed by atoms with van der Waals surface area (Å²) in [7, 11) is 0. The third-order valence-corrected chi connectivity index (χ3v) is 6.59. The summed E-state index contributed by atoms with van der Waals surface area (Å²) in [5.41, 5.74) is 1.37. The molecule has 1 fully saturated rings. The van der Waals surface area contributed by atoms with Gasteiger partial charge in [-0.2, -0.15) is 5.10 Å². The number of aliphatic hydroxyl groups excluding tert-OH is 1. The van der Waals surface area contributed by atoms with E-state index in [-0.39, 0.29) is 52.3 Å². The molecule has 0 radical (unpaired) electrons. The lowest BCUT2D eigenvalue weighted by Gasteiger charge is -2.34. The Bertz CT molecular complexity index is 1450. The highest BCUT2D eigenvalue weighted by Crippen LogP contribution is 2.28. The minimum atomic E-state index is -0.558. The average Bonchev–Trinajstić information content (AvgIpc) is 3.31. The van der Waals surface area contributed by atoms with Crippen LogP contribution in [0, 0.1) is 11.7 Å². The molecule has 10 heteroatoms. The van der Waals surface area contributed by atoms with Crippen LogP contribution >= 0.6 is 11.6 Å². The van der Waals surface area contributed by atoms with Gasteiger partial charge in [0.15, 0.2) is 5.69 Å². The van der Waals surface area contributed by atoms with Gasteiger partial charge < -0.3 is 15.7 Å². The molecular formula is C27H23ClFN5O3. The zero-order chi connectivity index (χ0) is 25.9. The first-order valence-corrected chi connectivity index (χ1v) is 12.1. The zero-order valence-corrected chi connectivity index (χ0v) is 20.3. The fourth-order valence-corrected chi connectivity index (χ4v) is 4.44. The number of carbonyl (C=O) groups excluding carboxylic acids is 2. The van der Waals surface area contributed by atoms with Crippen LogP contribution in [0.1, 0.15) is 33.7 Å². The van der Waals surface area contributed by atoms with Gasteiger partial charge in [-0.1, -0.05) is 35.9 Å². The number of hydrogen-bond donors (Lipinski definition) is 3. The van der Waals surface area contributed by atoms with Crippen LogP contribution < -0.4 is 10.6 Å². The molecule has 2 heterocycles. The van der Waals surface area contributed by atoms with Crippen molar-refractivity contribution >= 4 is 29.2 Å². The number of rotatable bonds is 7. The maximum atomic E-state index is 14.3. The molecule has 2 aromatic carbocycles. The molecule has 0 bridgehead atoms. The standard InChI is InChI=1S/C27H23ClFN5O3/c28-21-9-8-17(25-22(29)7-4-10-30-25)13-20(21)26(36)32-24-14-23(27(37)31-18-11-16(12-18)15-35)33-34(24)19-5-2-1-3-6-19/h1-10,13-14,16,18,35H,11-12,15H2,(H,31,37)(H,32,36). The van der Waals surface area contributed by atoms with Crippen LogP contribution in [-0.4, -0.2) is 44.3 Å². The van der Waals surface area contributed by atoms with Crippen molar-refractivity contribution in [2.45, 2.75) is 18.9 Å². The largest absolute Gasteiger partial charge is 0.396 e. The van der Waals surface area contributed by atoms with Gasteiger partial charge in [-0.3, -0.25) is 14.6 Å². The van der Waals surface area contributed by atoms with Crippen LogP contribution in [0.3, 0.4) is 0 Å². The lowest BCUT2D eigenvalue weighted by atomic mass is 9.81. The van der Waals surface area contributed by atoms with Crippen LogP contribution in [0.15, 0.2) is 72.9 Å². The van der Waals surface area contributed by atoms with E-state index in [1.54, 1.807) is 18.2 Å². The molecule has 4 aromatic rings. The fraction of sp³-hybridized carbons (Fsp3) is 0.185. The SMILES string of the molecule is O=C(NC1CC(CO)C1)c1cc(NC(=O)c2cc(-c3ncccc3F)ccc2Cl)n(-c2ccccc2)n1. The van der Waals surface area contributed by atoms with Crippen molar-refractivity contribution in [2.24, 2.45) is 5.92 Å². The minimum Gasteiger partial charge on any atom is -0.396 e. The van der Waals surface area contributed by atoms with E-state index in [0.717, 1.165) is 0 Å². The Morgan fingerprint density at radius 1 is 1.05 bits per heavy atom. The first-order chi connectivity index (χ1) is 17.9. The first kappa shape index (κ1) is 24.6. The van der Waals surface area contributed by atoms with Gasteiger partial charge in [0.1, 0.15) is 17.3 Å². The van der Waals surface area contributed by atoms with E-state index in [9.17, 15) is 19.1 Å². The van der Waals surface area contributed by atoms with Crippen molar-refractivity contribution in [1.29, 1.82) is 0 Å². The number of halogens is 2. The normalized spacial score (nSPS) is 16.6. The lowest BCUT2D eigenvalue weighted by Crippen LogP contribution is -2.45. The second-order valence-electron chi connectivity index (χ2n) is 8.84. The van der Waals surface area contributed by atoms with Gasteiger partial charge in [-0.05, 0) is 55.2 Å². The van der Waals surface area contributed by atoms with E-state index >= 15 is 0 Å². The highest BCUT2D eigenvalue weighted by atomic mass is 35.5. The van der Waals surface area contributed by atoms with Crippen molar-refractivity contribution in [3.63, 3.8) is 0 Å². The number of nitrogens with zero attached hydrogens (tertiary/aromatic N) is 3. The van der Waals surface area contributed by atoms with Crippen LogP contribution in [0.2, 0.25) is 5.02 Å². The molecule has 1 saturated carbocycles. The summed E-state index contributed by atoms with van der Waals surface area (Å²) in [6, 6.07) is 17.8. The number of benzene rings is 2. The van der Waals surface area contributed by atoms with Crippen LogP contribution in [0.5, 0.6) is 0 Å². The Morgan fingerprint density at radius 2 is 1.84 bits per heavy atom. The van der Waals surface area contributed by atoms with Crippen molar-refractivity contribution < 1.29 is 19.1 Å². The highest BCUT2D eigenvalue weighted by molar-refractivity contribution is 6.34. The number of aliphatic hydroxyl groups is 1. The molecule has 5 rings (SSSR count). The van der Waals surface area contributed by atoms with Crippen LogP contribution in [0.25, 0.3) is 16.9 Å². The number of nitrogens with one attached hydrogen (secondary N) is 2. The Morgan fingerprint density at radius 3 is 2.57 bits per heavy atom. The topological polar surface area (TPSA) is 109 Å². The Balaban J connectivity index is 1.43. The van der Waals surface area contributed by atoms with E-state index in [4.69, 9.17) is 11.6 Å². The van der Waals surface area contributed by atoms with Gasteiger partial charge in [0, 0.05) is 30.5 Å². The van der Waals surface area contributed by atoms with Gasteiger partial charge in [0.2, 0.25) is 0 Å². The molecule has 0 atom stereocenters. The van der Waals surface area contributed by atoms with Gasteiger partial charge >= 0.3 is 0 Å². The number of para-hydroxylation sites is 1. The summed E-state index contributed by atoms with van der Waals surface area (Å²) in [4.78, 5) is 30.2. The molecule has 8 nitrogen and oxygen atoms in total. The Hall–Kier alpha value is -4.08. The average molecular weight is 520 g/mol. The third kappa shape index (κ3) is 5.23. The number of carbonyl (C=O) groups is 2. The highest BCUT2D eigenvalue weighted by Gasteiger charge is 2.30. The molecule has 0 spiro atoms. The Kier molecular flexibility index (Phi) is 6.98. The van der Waals surface area contributed by atoms with Gasteiger partial charge in [0.05, 0.1) is 16.3 Å². The molecule has 3 N–H and O–H groups in total. The number of pyridine rings is 1. The second kappa shape index (κ2) is 10.5. The molecule has 0 unspecified atom stereocenters. The second-order valence-corrected chi connectivity index (χ2v) is 9.24. The van der Waals surface area contributed by atoms with E-state index in [0.29, 0.717) is 24.1 Å². The predicted molar refractivity (Wildman–Crippen MR) is 137 cm³/mol. The predicted octanol–water partition coefficient (Wildman–Crippen LogP) is 4.48. The summed E-state index contributed by atoms with van der Waals surface area (Å²) in [5.74, 6) is -1.00. The lowest BCUT2D eigenvalue weighted by molar-refractivity contribution is 0.0827. The van der Waals surface area contributed by atoms with E-state index in [1.807, 2.05) is 18.2 Å². The van der Waals surface area contributed by atoms with Crippen molar-refractivity contribution in [3.05, 3.63) is 95.0 Å². The summed E-state index contributed by atoms with van der Waals surface area (Å²) in [6.45, 7) is 0.0991. The van der Waals surface area contributed by atoms with E-state index in [1.165, 1.54) is 41.2 Å². The number of anilines is 1. The van der Waals surface area contributed by atoms with Crippen molar-refractivity contribution in [2.75, 3.05) is 11.9 Å². The van der Waals surface area contributed by atoms with Gasteiger partial charge in [0.25, 0.3) is 11.8 Å². The first-order valence-electron chi connectivity index (χ1n) is 11.7. The molecule has 2 aromatic heterocycles. The summed E-state index contributed by atoms with van der Waals surface area (Å²) in [6.07, 6.45) is 2.87. The van der Waals surface area contributed by atoms with Crippen molar-refractivity contribution in [1.82, 2.24) is 20.1 Å². The molecule has 188 valence electrons. The van der Waals surface area contributed by atoms with E-state index in [2.05, 4.69) is 20.7 Å². The summed E-state index contributed by atoms with van der Waals surface area (Å²) >= 11 is 6.32. The molecule has 2 amide bonds. The number of hydrogen-bond acceptors (Lipinski definition) is 5. The van der Waals surface area contributed by atoms with Crippen LogP contribution in [-0.2, 0) is 0 Å². The van der Waals surface area contributed by atoms with Gasteiger partial charge in [-0.25, -0.2) is 9.07 Å². The van der Waals surface area contributed by atoms with Gasteiger partial charge in [-0.15, -0.1) is 0 Å². The molecule has 0 aliphatic heterocycles. The molecular weight excluding hydrogens is 497 g/mol. The maximum absolute atomic E-state index is 14.3. The molecule has 1 aliphatic carbocycles. The number of aromatic nitrogens is 3. The molecule has 1 aliphatic rings. The smallest absolute Gasteiger partial charge is 0.272 e. The third-order valence-electron chi connectivity index (χ3n) is 6.26.